The van der Waals surface area contributed by atoms with Crippen molar-refractivity contribution in [1.29, 1.82) is 0 Å². The Hall–Kier alpha value is -2.64. The Kier molecular flexibility index (Phi) is 4.48. The number of benzene rings is 1. The van der Waals surface area contributed by atoms with Crippen molar-refractivity contribution in [2.45, 2.75) is 20.4 Å². The monoisotopic (exact) mass is 380 g/mol. The van der Waals surface area contributed by atoms with E-state index < -0.39 is 0 Å². The third-order valence-corrected chi connectivity index (χ3v) is 6.02. The number of aromatic nitrogens is 3. The van der Waals surface area contributed by atoms with E-state index in [9.17, 15) is 4.79 Å². The smallest absolute Gasteiger partial charge is 0.272 e. The van der Waals surface area contributed by atoms with Crippen LogP contribution in [-0.2, 0) is 6.54 Å². The van der Waals surface area contributed by atoms with Crippen LogP contribution in [0.25, 0.3) is 10.2 Å². The molecule has 0 aliphatic carbocycles. The Morgan fingerprint density at radius 2 is 1.85 bits per heavy atom. The third kappa shape index (κ3) is 3.23. The van der Waals surface area contributed by atoms with Crippen molar-refractivity contribution in [1.82, 2.24) is 15.0 Å². The van der Waals surface area contributed by atoms with Gasteiger partial charge in [-0.15, -0.1) is 11.3 Å². The fraction of sp³-hybridized carbons (Fsp3) is 0.158. The molecule has 0 radical (unpaired) electrons. The summed E-state index contributed by atoms with van der Waals surface area (Å²) in [4.78, 5) is 29.1. The number of para-hydroxylation sites is 1. The number of rotatable bonds is 4. The van der Waals surface area contributed by atoms with E-state index in [1.165, 1.54) is 22.7 Å². The van der Waals surface area contributed by atoms with E-state index in [1.54, 1.807) is 11.1 Å². The number of pyridine rings is 1. The highest BCUT2D eigenvalue weighted by Gasteiger charge is 2.25. The van der Waals surface area contributed by atoms with Gasteiger partial charge in [0.1, 0.15) is 4.88 Å². The number of hydrogen-bond donors (Lipinski definition) is 0. The molecular formula is C19H16N4OS2. The van der Waals surface area contributed by atoms with Crippen LogP contribution in [0.5, 0.6) is 0 Å². The number of carbonyl (C=O) groups excluding carboxylic acids is 1. The van der Waals surface area contributed by atoms with Gasteiger partial charge < -0.3 is 0 Å². The lowest BCUT2D eigenvalue weighted by Crippen LogP contribution is -2.30. The fourth-order valence-corrected chi connectivity index (χ4v) is 4.54. The summed E-state index contributed by atoms with van der Waals surface area (Å²) in [7, 11) is 0. The van der Waals surface area contributed by atoms with Gasteiger partial charge in [-0.3, -0.25) is 14.7 Å². The zero-order valence-corrected chi connectivity index (χ0v) is 16.0. The Balaban J connectivity index is 1.78. The van der Waals surface area contributed by atoms with Crippen molar-refractivity contribution in [2.75, 3.05) is 4.90 Å². The molecule has 0 aliphatic heterocycles. The molecule has 0 N–H and O–H groups in total. The van der Waals surface area contributed by atoms with Gasteiger partial charge in [0, 0.05) is 6.20 Å². The predicted octanol–water partition coefficient (Wildman–Crippen LogP) is 4.61. The molecule has 0 saturated carbocycles. The molecule has 4 rings (SSSR count). The summed E-state index contributed by atoms with van der Waals surface area (Å²) in [6, 6.07) is 13.6. The molecule has 0 bridgehead atoms. The van der Waals surface area contributed by atoms with Crippen molar-refractivity contribution < 1.29 is 4.79 Å². The van der Waals surface area contributed by atoms with Crippen molar-refractivity contribution in [2.24, 2.45) is 0 Å². The lowest BCUT2D eigenvalue weighted by atomic mass is 10.3. The SMILES string of the molecule is Cc1nc(C)c(C(=O)N(Cc2ccccn2)c2nc3ccccc3s2)s1. The average Bonchev–Trinajstić information content (AvgIpc) is 3.22. The molecule has 4 aromatic rings. The second kappa shape index (κ2) is 6.93. The minimum atomic E-state index is -0.0854. The highest BCUT2D eigenvalue weighted by molar-refractivity contribution is 7.22. The Morgan fingerprint density at radius 3 is 2.54 bits per heavy atom. The van der Waals surface area contributed by atoms with E-state index in [2.05, 4.69) is 15.0 Å². The highest BCUT2D eigenvalue weighted by Crippen LogP contribution is 2.31. The Bertz CT molecular complexity index is 1040. The van der Waals surface area contributed by atoms with Crippen LogP contribution in [-0.4, -0.2) is 20.9 Å². The first-order valence-corrected chi connectivity index (χ1v) is 9.76. The molecule has 0 fully saturated rings. The molecule has 0 atom stereocenters. The van der Waals surface area contributed by atoms with Gasteiger partial charge in [0.15, 0.2) is 5.13 Å². The van der Waals surface area contributed by atoms with E-state index in [1.807, 2.05) is 56.3 Å². The van der Waals surface area contributed by atoms with Crippen LogP contribution in [0.2, 0.25) is 0 Å². The lowest BCUT2D eigenvalue weighted by molar-refractivity contribution is 0.0988. The predicted molar refractivity (Wildman–Crippen MR) is 106 cm³/mol. The standard InChI is InChI=1S/C19H16N4OS2/c1-12-17(25-13(2)21-12)18(24)23(11-14-7-5-6-10-20-14)19-22-15-8-3-4-9-16(15)26-19/h3-10H,11H2,1-2H3. The molecular weight excluding hydrogens is 364 g/mol. The first-order valence-electron chi connectivity index (χ1n) is 8.13. The maximum Gasteiger partial charge on any atom is 0.272 e. The summed E-state index contributed by atoms with van der Waals surface area (Å²) in [5.74, 6) is -0.0854. The van der Waals surface area contributed by atoms with Crippen LogP contribution in [0.3, 0.4) is 0 Å². The van der Waals surface area contributed by atoms with Gasteiger partial charge in [0.2, 0.25) is 0 Å². The van der Waals surface area contributed by atoms with Crippen molar-refractivity contribution in [3.63, 3.8) is 0 Å². The molecule has 3 heterocycles. The zero-order chi connectivity index (χ0) is 18.1. The molecule has 0 saturated heterocycles. The maximum absolute atomic E-state index is 13.3. The fourth-order valence-electron chi connectivity index (χ4n) is 2.71. The van der Waals surface area contributed by atoms with E-state index >= 15 is 0 Å². The Morgan fingerprint density at radius 1 is 1.04 bits per heavy atom. The molecule has 1 aromatic carbocycles. The van der Waals surface area contributed by atoms with Crippen LogP contribution in [0.1, 0.15) is 26.1 Å². The van der Waals surface area contributed by atoms with Crippen molar-refractivity contribution in [3.05, 3.63) is 69.9 Å². The number of anilines is 1. The topological polar surface area (TPSA) is 59.0 Å². The molecule has 0 aliphatic rings. The Labute approximate surface area is 159 Å². The van der Waals surface area contributed by atoms with Crippen LogP contribution in [0.4, 0.5) is 5.13 Å². The van der Waals surface area contributed by atoms with Crippen LogP contribution >= 0.6 is 22.7 Å². The van der Waals surface area contributed by atoms with Gasteiger partial charge in [0.05, 0.1) is 33.2 Å². The van der Waals surface area contributed by atoms with Gasteiger partial charge in [-0.05, 0) is 38.1 Å². The van der Waals surface area contributed by atoms with Crippen molar-refractivity contribution in [3.8, 4) is 0 Å². The number of carbonyl (C=O) groups is 1. The minimum Gasteiger partial charge on any atom is -0.277 e. The molecule has 3 aromatic heterocycles. The number of fused-ring (bicyclic) bond motifs is 1. The average molecular weight is 380 g/mol. The number of nitrogens with zero attached hydrogens (tertiary/aromatic N) is 4. The van der Waals surface area contributed by atoms with Gasteiger partial charge in [-0.2, -0.15) is 0 Å². The first-order chi connectivity index (χ1) is 12.6. The lowest BCUT2D eigenvalue weighted by Gasteiger charge is -2.19. The summed E-state index contributed by atoms with van der Waals surface area (Å²) in [5.41, 5.74) is 2.46. The minimum absolute atomic E-state index is 0.0854. The second-order valence-corrected chi connectivity index (χ2v) is 8.04. The second-order valence-electron chi connectivity index (χ2n) is 5.82. The van der Waals surface area contributed by atoms with E-state index in [0.717, 1.165) is 26.6 Å². The summed E-state index contributed by atoms with van der Waals surface area (Å²) in [6.07, 6.45) is 1.73. The molecule has 26 heavy (non-hydrogen) atoms. The van der Waals surface area contributed by atoms with Gasteiger partial charge in [-0.25, -0.2) is 9.97 Å². The molecule has 130 valence electrons. The summed E-state index contributed by atoms with van der Waals surface area (Å²) < 4.78 is 1.05. The maximum atomic E-state index is 13.3. The van der Waals surface area contributed by atoms with E-state index in [0.29, 0.717) is 16.6 Å². The molecule has 0 unspecified atom stereocenters. The van der Waals surface area contributed by atoms with Crippen molar-refractivity contribution >= 4 is 43.9 Å². The third-order valence-electron chi connectivity index (χ3n) is 3.90. The first kappa shape index (κ1) is 16.8. The van der Waals surface area contributed by atoms with Gasteiger partial charge in [0.25, 0.3) is 5.91 Å². The normalized spacial score (nSPS) is 11.0. The van der Waals surface area contributed by atoms with Crippen LogP contribution in [0, 0.1) is 13.8 Å². The number of amides is 1. The quantitative estimate of drug-likeness (QED) is 0.519. The molecule has 7 heteroatoms. The summed E-state index contributed by atoms with van der Waals surface area (Å²) in [6.45, 7) is 4.15. The summed E-state index contributed by atoms with van der Waals surface area (Å²) >= 11 is 2.93. The molecule has 1 amide bonds. The number of aryl methyl sites for hydroxylation is 2. The highest BCUT2D eigenvalue weighted by atomic mass is 32.1. The van der Waals surface area contributed by atoms with E-state index in [4.69, 9.17) is 0 Å². The van der Waals surface area contributed by atoms with Crippen LogP contribution < -0.4 is 4.90 Å². The summed E-state index contributed by atoms with van der Waals surface area (Å²) in [5, 5.41) is 1.56. The number of thiazole rings is 2. The largest absolute Gasteiger partial charge is 0.277 e. The van der Waals surface area contributed by atoms with Crippen LogP contribution in [0.15, 0.2) is 48.7 Å². The number of hydrogen-bond acceptors (Lipinski definition) is 6. The zero-order valence-electron chi connectivity index (χ0n) is 14.3. The molecule has 5 nitrogen and oxygen atoms in total. The van der Waals surface area contributed by atoms with Gasteiger partial charge >= 0.3 is 0 Å². The van der Waals surface area contributed by atoms with E-state index in [-0.39, 0.29) is 5.91 Å². The van der Waals surface area contributed by atoms with Gasteiger partial charge in [-0.1, -0.05) is 29.5 Å². The molecule has 0 spiro atoms.